The van der Waals surface area contributed by atoms with Gasteiger partial charge in [-0.2, -0.15) is 0 Å². The molecule has 0 unspecified atom stereocenters. The maximum atomic E-state index is 5.08. The average Bonchev–Trinajstić information content (AvgIpc) is 2.42. The van der Waals surface area contributed by atoms with Gasteiger partial charge in [-0.3, -0.25) is 4.90 Å². The number of nitrogens with zero attached hydrogens (tertiary/aromatic N) is 1. The first-order chi connectivity index (χ1) is 3.43. The van der Waals surface area contributed by atoms with Gasteiger partial charge in [0.25, 0.3) is 0 Å². The highest BCUT2D eigenvalue weighted by molar-refractivity contribution is 4.67. The van der Waals surface area contributed by atoms with Crippen molar-refractivity contribution in [2.75, 3.05) is 26.4 Å². The second-order valence-electron chi connectivity index (χ2n) is 1.74. The van der Waals surface area contributed by atoms with Crippen molar-refractivity contribution in [3.8, 4) is 0 Å². The number of hydrogen-bond donors (Lipinski definition) is 0. The van der Waals surface area contributed by atoms with Crippen molar-refractivity contribution in [1.29, 1.82) is 0 Å². The van der Waals surface area contributed by atoms with Crippen LogP contribution >= 0.6 is 0 Å². The molecule has 0 spiro atoms. The summed E-state index contributed by atoms with van der Waals surface area (Å²) in [5, 5.41) is 0. The summed E-state index contributed by atoms with van der Waals surface area (Å²) in [6.07, 6.45) is 0. The summed E-state index contributed by atoms with van der Waals surface area (Å²) < 4.78 is 5.08. The van der Waals surface area contributed by atoms with E-state index in [1.54, 1.807) is 0 Å². The molecule has 0 radical (unpaired) electrons. The third-order valence-electron chi connectivity index (χ3n) is 1.02. The fourth-order valence-corrected chi connectivity index (χ4v) is 0.420. The molecule has 0 aliphatic carbocycles. The number of ether oxygens (including phenoxy) is 1. The van der Waals surface area contributed by atoms with Crippen molar-refractivity contribution < 1.29 is 4.74 Å². The number of hydrogen-bond acceptors (Lipinski definition) is 2. The molecule has 0 aromatic rings. The Morgan fingerprint density at radius 1 is 1.57 bits per heavy atom. The molecular formula is C5H11NO. The predicted octanol–water partition coefficient (Wildman–Crippen LogP) is 0.296. The van der Waals surface area contributed by atoms with Crippen molar-refractivity contribution in [3.63, 3.8) is 0 Å². The van der Waals surface area contributed by atoms with Gasteiger partial charge in [-0.05, 0) is 6.92 Å². The quantitative estimate of drug-likeness (QED) is 0.474. The fourth-order valence-electron chi connectivity index (χ4n) is 0.420. The molecular weight excluding hydrogens is 90.1 g/mol. The normalized spacial score (nSPS) is 20.1. The van der Waals surface area contributed by atoms with E-state index in [0.717, 1.165) is 13.3 Å². The molecule has 0 bridgehead atoms. The summed E-state index contributed by atoms with van der Waals surface area (Å²) in [6, 6.07) is 0. The Kier molecular flexibility index (Phi) is 1.65. The van der Waals surface area contributed by atoms with Gasteiger partial charge in [0.15, 0.2) is 0 Å². The second-order valence-corrected chi connectivity index (χ2v) is 1.74. The summed E-state index contributed by atoms with van der Waals surface area (Å²) in [6.45, 7) is 6.18. The first-order valence-electron chi connectivity index (χ1n) is 2.73. The summed E-state index contributed by atoms with van der Waals surface area (Å²) in [4.78, 5) is 2.24. The first kappa shape index (κ1) is 5.06. The molecule has 0 aromatic carbocycles. The predicted molar refractivity (Wildman–Crippen MR) is 28.1 cm³/mol. The Morgan fingerprint density at radius 3 is 2.71 bits per heavy atom. The lowest BCUT2D eigenvalue weighted by atomic mass is 10.9. The zero-order valence-electron chi connectivity index (χ0n) is 4.68. The van der Waals surface area contributed by atoms with E-state index in [-0.39, 0.29) is 0 Å². The standard InChI is InChI=1S/C5H11NO/c1-2-7-5-6-3-4-6/h2-5H2,1H3. The molecule has 2 nitrogen and oxygen atoms in total. The second kappa shape index (κ2) is 2.28. The van der Waals surface area contributed by atoms with Crippen LogP contribution in [0.4, 0.5) is 0 Å². The molecule has 1 fully saturated rings. The first-order valence-corrected chi connectivity index (χ1v) is 2.73. The molecule has 0 amide bonds. The van der Waals surface area contributed by atoms with Gasteiger partial charge >= 0.3 is 0 Å². The van der Waals surface area contributed by atoms with Crippen LogP contribution in [0.3, 0.4) is 0 Å². The van der Waals surface area contributed by atoms with Crippen LogP contribution in [0, 0.1) is 0 Å². The zero-order valence-corrected chi connectivity index (χ0v) is 4.68. The largest absolute Gasteiger partial charge is 0.366 e. The van der Waals surface area contributed by atoms with E-state index in [4.69, 9.17) is 4.74 Å². The minimum Gasteiger partial charge on any atom is -0.366 e. The number of rotatable bonds is 3. The lowest BCUT2D eigenvalue weighted by Gasteiger charge is -1.96. The van der Waals surface area contributed by atoms with Crippen molar-refractivity contribution in [2.45, 2.75) is 6.92 Å². The van der Waals surface area contributed by atoms with Crippen LogP contribution in [0.15, 0.2) is 0 Å². The van der Waals surface area contributed by atoms with E-state index in [1.165, 1.54) is 13.1 Å². The Morgan fingerprint density at radius 2 is 2.29 bits per heavy atom. The molecule has 0 saturated carbocycles. The van der Waals surface area contributed by atoms with Crippen molar-refractivity contribution >= 4 is 0 Å². The smallest absolute Gasteiger partial charge is 0.0990 e. The highest BCUT2D eigenvalue weighted by Crippen LogP contribution is 2.00. The zero-order chi connectivity index (χ0) is 5.11. The molecule has 0 N–H and O–H groups in total. The van der Waals surface area contributed by atoms with Gasteiger partial charge in [0.2, 0.25) is 0 Å². The topological polar surface area (TPSA) is 12.2 Å². The summed E-state index contributed by atoms with van der Waals surface area (Å²) in [5.41, 5.74) is 0. The molecule has 1 aliphatic heterocycles. The SMILES string of the molecule is CCOCN1CC1. The molecule has 1 saturated heterocycles. The maximum Gasteiger partial charge on any atom is 0.0990 e. The van der Waals surface area contributed by atoms with Gasteiger partial charge in [-0.25, -0.2) is 0 Å². The molecule has 0 aromatic heterocycles. The minimum atomic E-state index is 0.844. The maximum absolute atomic E-state index is 5.08. The minimum absolute atomic E-state index is 0.844. The van der Waals surface area contributed by atoms with Gasteiger partial charge in [0.1, 0.15) is 0 Å². The van der Waals surface area contributed by atoms with E-state index in [0.29, 0.717) is 0 Å². The van der Waals surface area contributed by atoms with E-state index < -0.39 is 0 Å². The third kappa shape index (κ3) is 1.90. The molecule has 42 valence electrons. The fraction of sp³-hybridized carbons (Fsp3) is 1.00. The van der Waals surface area contributed by atoms with Gasteiger partial charge in [-0.1, -0.05) is 0 Å². The monoisotopic (exact) mass is 101 g/mol. The van der Waals surface area contributed by atoms with Crippen LogP contribution in [0.5, 0.6) is 0 Å². The van der Waals surface area contributed by atoms with Crippen LogP contribution in [-0.4, -0.2) is 31.3 Å². The van der Waals surface area contributed by atoms with E-state index in [9.17, 15) is 0 Å². The summed E-state index contributed by atoms with van der Waals surface area (Å²) in [7, 11) is 0. The van der Waals surface area contributed by atoms with Gasteiger partial charge < -0.3 is 4.74 Å². The molecule has 0 atom stereocenters. The van der Waals surface area contributed by atoms with Crippen molar-refractivity contribution in [2.24, 2.45) is 0 Å². The van der Waals surface area contributed by atoms with Crippen molar-refractivity contribution in [1.82, 2.24) is 4.90 Å². The van der Waals surface area contributed by atoms with E-state index in [1.807, 2.05) is 6.92 Å². The molecule has 1 rings (SSSR count). The van der Waals surface area contributed by atoms with Crippen LogP contribution in [0.1, 0.15) is 6.92 Å². The average molecular weight is 101 g/mol. The van der Waals surface area contributed by atoms with Crippen LogP contribution in [0.2, 0.25) is 0 Å². The highest BCUT2D eigenvalue weighted by Gasteiger charge is 2.15. The van der Waals surface area contributed by atoms with E-state index in [2.05, 4.69) is 4.90 Å². The summed E-state index contributed by atoms with van der Waals surface area (Å²) in [5.74, 6) is 0. The highest BCUT2D eigenvalue weighted by atomic mass is 16.5. The summed E-state index contributed by atoms with van der Waals surface area (Å²) >= 11 is 0. The van der Waals surface area contributed by atoms with Crippen molar-refractivity contribution in [3.05, 3.63) is 0 Å². The molecule has 1 aliphatic rings. The third-order valence-corrected chi connectivity index (χ3v) is 1.02. The van der Waals surface area contributed by atoms with Gasteiger partial charge in [0, 0.05) is 19.7 Å². The molecule has 7 heavy (non-hydrogen) atoms. The van der Waals surface area contributed by atoms with Crippen LogP contribution < -0.4 is 0 Å². The molecule has 2 heteroatoms. The van der Waals surface area contributed by atoms with Gasteiger partial charge in [-0.15, -0.1) is 0 Å². The Balaban J connectivity index is 1.80. The Bertz CT molecular complexity index is 52.0. The molecule has 1 heterocycles. The lowest BCUT2D eigenvalue weighted by Crippen LogP contribution is -2.02. The van der Waals surface area contributed by atoms with Gasteiger partial charge in [0.05, 0.1) is 6.73 Å². The van der Waals surface area contributed by atoms with E-state index >= 15 is 0 Å². The Hall–Kier alpha value is -0.0800. The van der Waals surface area contributed by atoms with Crippen LogP contribution in [-0.2, 0) is 4.74 Å². The Labute approximate surface area is 44.1 Å². The lowest BCUT2D eigenvalue weighted by molar-refractivity contribution is 0.0932. The van der Waals surface area contributed by atoms with Crippen LogP contribution in [0.25, 0.3) is 0 Å².